The fraction of sp³-hybridized carbons (Fsp3) is 0.385. The second kappa shape index (κ2) is 6.03. The molecule has 2 aromatic carbocycles. The molecule has 7 rings (SSSR count). The van der Waals surface area contributed by atoms with E-state index >= 15 is 0 Å². The Morgan fingerprint density at radius 2 is 1.03 bits per heavy atom. The molecule has 2 fully saturated rings. The molecule has 164 valence electrons. The molecule has 6 heteroatoms. The fourth-order valence-electron chi connectivity index (χ4n) is 7.57. The summed E-state index contributed by atoms with van der Waals surface area (Å²) in [4.78, 5) is 0.459. The molecular formula is C26H24O4S2. The average Bonchev–Trinajstić information content (AvgIpc) is 3.09. The van der Waals surface area contributed by atoms with Crippen LogP contribution in [0.25, 0.3) is 0 Å². The van der Waals surface area contributed by atoms with Crippen LogP contribution in [0.2, 0.25) is 0 Å². The Balaban J connectivity index is 1.43. The molecule has 0 N–H and O–H groups in total. The third-order valence-electron chi connectivity index (χ3n) is 8.85. The number of benzene rings is 2. The van der Waals surface area contributed by atoms with E-state index in [1.165, 1.54) is 11.1 Å². The first kappa shape index (κ1) is 19.3. The van der Waals surface area contributed by atoms with Gasteiger partial charge < -0.3 is 0 Å². The number of fused-ring (bicyclic) bond motifs is 6. The van der Waals surface area contributed by atoms with E-state index in [0.717, 1.165) is 12.8 Å². The van der Waals surface area contributed by atoms with Gasteiger partial charge in [0, 0.05) is 11.8 Å². The first-order valence-electron chi connectivity index (χ1n) is 11.4. The molecule has 5 aliphatic carbocycles. The van der Waals surface area contributed by atoms with Crippen LogP contribution in [-0.4, -0.2) is 27.3 Å². The zero-order valence-electron chi connectivity index (χ0n) is 17.5. The van der Waals surface area contributed by atoms with Gasteiger partial charge in [0.25, 0.3) is 0 Å². The van der Waals surface area contributed by atoms with Gasteiger partial charge in [-0.25, -0.2) is 16.8 Å². The zero-order valence-corrected chi connectivity index (χ0v) is 19.1. The first-order valence-corrected chi connectivity index (χ1v) is 14.5. The summed E-state index contributed by atoms with van der Waals surface area (Å²) in [6.45, 7) is 0. The highest BCUT2D eigenvalue weighted by atomic mass is 32.2. The van der Waals surface area contributed by atoms with Gasteiger partial charge in [0.1, 0.15) is 0 Å². The van der Waals surface area contributed by atoms with Gasteiger partial charge >= 0.3 is 0 Å². The summed E-state index contributed by atoms with van der Waals surface area (Å²) in [6.07, 6.45) is 7.53. The van der Waals surface area contributed by atoms with E-state index in [1.807, 2.05) is 0 Å². The van der Waals surface area contributed by atoms with Gasteiger partial charge in [0.15, 0.2) is 19.7 Å². The van der Waals surface area contributed by atoms with Crippen molar-refractivity contribution in [3.8, 4) is 0 Å². The van der Waals surface area contributed by atoms with Crippen LogP contribution in [0, 0.1) is 29.1 Å². The van der Waals surface area contributed by atoms with Gasteiger partial charge in [0.05, 0.1) is 20.3 Å². The van der Waals surface area contributed by atoms with Crippen LogP contribution >= 0.6 is 0 Å². The van der Waals surface area contributed by atoms with Crippen LogP contribution in [-0.2, 0) is 19.7 Å². The van der Waals surface area contributed by atoms with Crippen molar-refractivity contribution in [2.45, 2.75) is 39.6 Å². The molecule has 0 aliphatic heterocycles. The minimum atomic E-state index is -3.82. The smallest absolute Gasteiger partial charge is 0.183 e. The van der Waals surface area contributed by atoms with Crippen molar-refractivity contribution in [3.05, 3.63) is 84.0 Å². The van der Waals surface area contributed by atoms with E-state index in [-0.39, 0.29) is 27.0 Å². The van der Waals surface area contributed by atoms with Gasteiger partial charge in [-0.05, 0) is 60.8 Å². The number of allylic oxidation sites excluding steroid dienone is 4. The number of sulfone groups is 2. The first-order chi connectivity index (χ1) is 15.4. The monoisotopic (exact) mass is 464 g/mol. The van der Waals surface area contributed by atoms with Crippen LogP contribution in [0.5, 0.6) is 0 Å². The van der Waals surface area contributed by atoms with Crippen molar-refractivity contribution in [2.24, 2.45) is 29.1 Å². The maximum absolute atomic E-state index is 14.0. The predicted molar refractivity (Wildman–Crippen MR) is 121 cm³/mol. The minimum Gasteiger partial charge on any atom is -0.223 e. The zero-order chi connectivity index (χ0) is 21.9. The predicted octanol–water partition coefficient (Wildman–Crippen LogP) is 4.21. The molecule has 4 nitrogen and oxygen atoms in total. The number of rotatable bonds is 4. The molecule has 1 spiro atoms. The third-order valence-corrected chi connectivity index (χ3v) is 13.6. The van der Waals surface area contributed by atoms with E-state index in [1.54, 1.807) is 60.7 Å². The molecule has 2 saturated carbocycles. The van der Waals surface area contributed by atoms with Gasteiger partial charge in [-0.2, -0.15) is 0 Å². The lowest BCUT2D eigenvalue weighted by molar-refractivity contribution is 0.377. The largest absolute Gasteiger partial charge is 0.223 e. The minimum absolute atomic E-state index is 0.207. The highest BCUT2D eigenvalue weighted by Crippen LogP contribution is 2.76. The second-order valence-corrected chi connectivity index (χ2v) is 14.3. The highest BCUT2D eigenvalue weighted by Gasteiger charge is 2.72. The second-order valence-electron chi connectivity index (χ2n) is 10.1. The summed E-state index contributed by atoms with van der Waals surface area (Å²) in [5, 5.41) is -1.86. The summed E-state index contributed by atoms with van der Waals surface area (Å²) in [6, 6.07) is 16.8. The lowest BCUT2D eigenvalue weighted by Gasteiger charge is -2.34. The summed E-state index contributed by atoms with van der Waals surface area (Å²) in [5.41, 5.74) is 2.79. The van der Waals surface area contributed by atoms with Gasteiger partial charge in [-0.15, -0.1) is 0 Å². The van der Waals surface area contributed by atoms with Gasteiger partial charge in [-0.1, -0.05) is 59.7 Å². The Morgan fingerprint density at radius 3 is 1.41 bits per heavy atom. The van der Waals surface area contributed by atoms with E-state index < -0.39 is 30.2 Å². The van der Waals surface area contributed by atoms with Crippen LogP contribution in [0.4, 0.5) is 0 Å². The molecule has 0 aromatic heterocycles. The quantitative estimate of drug-likeness (QED) is 0.636. The molecular weight excluding hydrogens is 440 g/mol. The molecule has 32 heavy (non-hydrogen) atoms. The molecule has 5 aliphatic rings. The standard InChI is InChI=1S/C26H24O4S2/c27-31(28,16-7-3-1-4-8-16)24-18-15-19(25(24)32(29,30)17-9-5-2-6-10-17)23-21-12-11-20(22(18)23)26(21)13-14-26/h1-12,18-21,24-25H,13-15H2/t18-,19+,20-,21+,24-,25+. The van der Waals surface area contributed by atoms with E-state index in [4.69, 9.17) is 0 Å². The van der Waals surface area contributed by atoms with E-state index in [9.17, 15) is 16.8 Å². The Kier molecular flexibility index (Phi) is 3.64. The molecule has 0 amide bonds. The van der Waals surface area contributed by atoms with E-state index in [0.29, 0.717) is 18.3 Å². The summed E-state index contributed by atoms with van der Waals surface area (Å²) in [5.74, 6) is 0.208. The molecule has 0 unspecified atom stereocenters. The topological polar surface area (TPSA) is 68.3 Å². The summed E-state index contributed by atoms with van der Waals surface area (Å²) in [7, 11) is -7.64. The highest BCUT2D eigenvalue weighted by molar-refractivity contribution is 7.96. The molecule has 0 saturated heterocycles. The van der Waals surface area contributed by atoms with Crippen molar-refractivity contribution in [2.75, 3.05) is 0 Å². The van der Waals surface area contributed by atoms with Crippen molar-refractivity contribution in [1.29, 1.82) is 0 Å². The van der Waals surface area contributed by atoms with Crippen molar-refractivity contribution in [1.82, 2.24) is 0 Å². The van der Waals surface area contributed by atoms with Crippen molar-refractivity contribution >= 4 is 19.7 Å². The number of hydrogen-bond donors (Lipinski definition) is 0. The Labute approximate surface area is 188 Å². The van der Waals surface area contributed by atoms with Gasteiger partial charge in [0.2, 0.25) is 0 Å². The van der Waals surface area contributed by atoms with Crippen LogP contribution in [0.3, 0.4) is 0 Å². The molecule has 0 heterocycles. The van der Waals surface area contributed by atoms with Crippen molar-refractivity contribution in [3.63, 3.8) is 0 Å². The lowest BCUT2D eigenvalue weighted by Crippen LogP contribution is -2.45. The lowest BCUT2D eigenvalue weighted by atomic mass is 9.83. The van der Waals surface area contributed by atoms with Crippen LogP contribution in [0.15, 0.2) is 93.8 Å². The van der Waals surface area contributed by atoms with E-state index in [2.05, 4.69) is 12.2 Å². The fourth-order valence-corrected chi connectivity index (χ4v) is 12.6. The number of hydrogen-bond acceptors (Lipinski definition) is 4. The van der Waals surface area contributed by atoms with Gasteiger partial charge in [-0.3, -0.25) is 0 Å². The maximum Gasteiger partial charge on any atom is 0.183 e. The van der Waals surface area contributed by atoms with Crippen molar-refractivity contribution < 1.29 is 16.8 Å². The Bertz CT molecular complexity index is 1300. The summed E-state index contributed by atoms with van der Waals surface area (Å²) >= 11 is 0. The molecule has 6 atom stereocenters. The van der Waals surface area contributed by atoms with Crippen LogP contribution in [0.1, 0.15) is 19.3 Å². The Morgan fingerprint density at radius 1 is 0.625 bits per heavy atom. The molecule has 2 aromatic rings. The SMILES string of the molecule is O=S(=O)(c1ccccc1)[C@@H]1[C@H](S(=O)(=O)c2ccccc2)[C@@H]2C[C@H]1C1=C2[C@H]2C=C[C@@H]1C21CC1. The normalized spacial score (nSPS) is 35.6. The third kappa shape index (κ3) is 2.18. The average molecular weight is 465 g/mol. The Hall–Kier alpha value is -2.18. The molecule has 4 bridgehead atoms. The maximum atomic E-state index is 14.0. The summed E-state index contributed by atoms with van der Waals surface area (Å²) < 4.78 is 55.9. The van der Waals surface area contributed by atoms with Crippen LogP contribution < -0.4 is 0 Å². The molecule has 0 radical (unpaired) electrons.